The van der Waals surface area contributed by atoms with E-state index in [0.717, 1.165) is 32.1 Å². The van der Waals surface area contributed by atoms with E-state index in [1.54, 1.807) is 18.2 Å². The van der Waals surface area contributed by atoms with Crippen molar-refractivity contribution in [1.82, 2.24) is 9.66 Å². The molecular weight excluding hydrogens is 511 g/mol. The van der Waals surface area contributed by atoms with Crippen molar-refractivity contribution in [2.45, 2.75) is 44.6 Å². The van der Waals surface area contributed by atoms with Crippen LogP contribution in [0.5, 0.6) is 5.75 Å². The van der Waals surface area contributed by atoms with Crippen LogP contribution in [0.25, 0.3) is 10.9 Å². The van der Waals surface area contributed by atoms with Gasteiger partial charge in [-0.25, -0.2) is 9.37 Å². The van der Waals surface area contributed by atoms with Crippen LogP contribution < -0.4 is 10.3 Å². The summed E-state index contributed by atoms with van der Waals surface area (Å²) in [6.07, 6.45) is 6.43. The molecule has 1 aliphatic rings. The van der Waals surface area contributed by atoms with Crippen molar-refractivity contribution < 1.29 is 14.1 Å². The van der Waals surface area contributed by atoms with Gasteiger partial charge in [0.15, 0.2) is 0 Å². The second kappa shape index (κ2) is 11.1. The number of nitrogens with zero attached hydrogens (tertiary/aromatic N) is 4. The van der Waals surface area contributed by atoms with E-state index in [4.69, 9.17) is 21.3 Å². The molecule has 10 heteroatoms. The van der Waals surface area contributed by atoms with Crippen molar-refractivity contribution in [1.29, 1.82) is 0 Å². The molecule has 38 heavy (non-hydrogen) atoms. The summed E-state index contributed by atoms with van der Waals surface area (Å²) < 4.78 is 20.4. The van der Waals surface area contributed by atoms with Gasteiger partial charge in [-0.3, -0.25) is 14.9 Å². The first kappa shape index (κ1) is 25.5. The molecule has 0 bridgehead atoms. The molecule has 1 saturated carbocycles. The second-order valence-electron chi connectivity index (χ2n) is 9.21. The van der Waals surface area contributed by atoms with Gasteiger partial charge in [-0.1, -0.05) is 55.1 Å². The zero-order valence-electron chi connectivity index (χ0n) is 20.3. The van der Waals surface area contributed by atoms with Crippen molar-refractivity contribution in [3.05, 3.63) is 109 Å². The number of rotatable bonds is 7. The quantitative estimate of drug-likeness (QED) is 0.151. The number of ether oxygens (including phenoxy) is 1. The zero-order chi connectivity index (χ0) is 26.6. The van der Waals surface area contributed by atoms with E-state index in [2.05, 4.69) is 5.10 Å². The largest absolute Gasteiger partial charge is 0.481 e. The maximum atomic E-state index is 13.5. The Morgan fingerprint density at radius 1 is 1.13 bits per heavy atom. The molecule has 1 fully saturated rings. The number of para-hydroxylation sites is 1. The van der Waals surface area contributed by atoms with Crippen molar-refractivity contribution in [2.24, 2.45) is 5.10 Å². The van der Waals surface area contributed by atoms with Crippen LogP contribution in [0.15, 0.2) is 70.6 Å². The second-order valence-corrected chi connectivity index (χ2v) is 9.62. The van der Waals surface area contributed by atoms with Crippen molar-refractivity contribution in [2.75, 3.05) is 0 Å². The molecule has 5 rings (SSSR count). The Hall–Kier alpha value is -4.11. The van der Waals surface area contributed by atoms with Crippen molar-refractivity contribution >= 4 is 34.4 Å². The average molecular weight is 535 g/mol. The van der Waals surface area contributed by atoms with E-state index in [0.29, 0.717) is 27.9 Å². The Morgan fingerprint density at radius 2 is 1.92 bits per heavy atom. The van der Waals surface area contributed by atoms with E-state index >= 15 is 0 Å². The van der Waals surface area contributed by atoms with Gasteiger partial charge in [0.25, 0.3) is 5.56 Å². The Morgan fingerprint density at radius 3 is 2.68 bits per heavy atom. The van der Waals surface area contributed by atoms with Crippen LogP contribution in [0.3, 0.4) is 0 Å². The zero-order valence-corrected chi connectivity index (χ0v) is 21.1. The van der Waals surface area contributed by atoms with Gasteiger partial charge in [0.05, 0.1) is 27.1 Å². The number of halogens is 2. The molecule has 0 amide bonds. The molecular formula is C28H24ClFN4O4. The summed E-state index contributed by atoms with van der Waals surface area (Å²) in [5.74, 6) is 0.102. The third-order valence-electron chi connectivity index (χ3n) is 6.59. The summed E-state index contributed by atoms with van der Waals surface area (Å²) in [6, 6.07) is 15.6. The Kier molecular flexibility index (Phi) is 7.46. The average Bonchev–Trinajstić information content (AvgIpc) is 2.92. The molecule has 194 valence electrons. The fraction of sp³-hybridized carbons (Fsp3) is 0.250. The highest BCUT2D eigenvalue weighted by molar-refractivity contribution is 6.32. The molecule has 0 saturated heterocycles. The van der Waals surface area contributed by atoms with Gasteiger partial charge in [0, 0.05) is 17.5 Å². The summed E-state index contributed by atoms with van der Waals surface area (Å²) in [5, 5.41) is 16.7. The maximum absolute atomic E-state index is 13.5. The molecule has 1 aliphatic carbocycles. The van der Waals surface area contributed by atoms with Gasteiger partial charge in [0.1, 0.15) is 18.2 Å². The lowest BCUT2D eigenvalue weighted by atomic mass is 9.88. The van der Waals surface area contributed by atoms with Gasteiger partial charge in [0.2, 0.25) is 5.75 Å². The van der Waals surface area contributed by atoms with E-state index in [9.17, 15) is 19.3 Å². The highest BCUT2D eigenvalue weighted by Crippen LogP contribution is 2.37. The molecule has 0 unspecified atom stereocenters. The molecule has 4 aromatic rings. The third kappa shape index (κ3) is 5.43. The Labute approximate surface area is 222 Å². The summed E-state index contributed by atoms with van der Waals surface area (Å²) in [7, 11) is 0. The molecule has 0 N–H and O–H groups in total. The van der Waals surface area contributed by atoms with Crippen LogP contribution >= 0.6 is 11.6 Å². The number of aromatic nitrogens is 2. The van der Waals surface area contributed by atoms with E-state index < -0.39 is 10.7 Å². The predicted molar refractivity (Wildman–Crippen MR) is 144 cm³/mol. The number of nitro groups is 1. The summed E-state index contributed by atoms with van der Waals surface area (Å²) in [5.41, 5.74) is 0.756. The standard InChI is InChI=1S/C28H24ClFN4O4/c29-23-14-19(15-25(34(36)37)26(23)38-17-18-7-6-10-21(30)13-18)16-31-33-27(20-8-2-1-3-9-20)32-24-12-5-4-11-22(24)28(33)35/h4-7,10-16,20H,1-3,8-9,17H2. The smallest absolute Gasteiger partial charge is 0.313 e. The molecule has 3 aromatic carbocycles. The van der Waals surface area contributed by atoms with Crippen LogP contribution in [0.4, 0.5) is 10.1 Å². The lowest BCUT2D eigenvalue weighted by Gasteiger charge is -2.22. The lowest BCUT2D eigenvalue weighted by Crippen LogP contribution is -2.25. The summed E-state index contributed by atoms with van der Waals surface area (Å²) in [6.45, 7) is -0.103. The minimum Gasteiger partial charge on any atom is -0.481 e. The first-order valence-corrected chi connectivity index (χ1v) is 12.7. The maximum Gasteiger partial charge on any atom is 0.313 e. The Bertz CT molecular complexity index is 1600. The van der Waals surface area contributed by atoms with Gasteiger partial charge in [-0.15, -0.1) is 0 Å². The Balaban J connectivity index is 1.51. The summed E-state index contributed by atoms with van der Waals surface area (Å²) in [4.78, 5) is 29.4. The molecule has 1 aromatic heterocycles. The van der Waals surface area contributed by atoms with Crippen LogP contribution in [0.1, 0.15) is 55.0 Å². The monoisotopic (exact) mass is 534 g/mol. The fourth-order valence-corrected chi connectivity index (χ4v) is 5.01. The van der Waals surface area contributed by atoms with Gasteiger partial charge in [-0.05, 0) is 48.7 Å². The molecule has 8 nitrogen and oxygen atoms in total. The normalized spacial score (nSPS) is 14.3. The van der Waals surface area contributed by atoms with E-state index in [-0.39, 0.29) is 34.5 Å². The first-order valence-electron chi connectivity index (χ1n) is 12.3. The SMILES string of the molecule is O=c1c2ccccc2nc(C2CCCCC2)n1N=Cc1cc(Cl)c(OCc2cccc(F)c2)c([N+](=O)[O-])c1. The van der Waals surface area contributed by atoms with Crippen LogP contribution in [0, 0.1) is 15.9 Å². The number of hydrogen-bond acceptors (Lipinski definition) is 6. The molecule has 0 atom stereocenters. The topological polar surface area (TPSA) is 99.6 Å². The van der Waals surface area contributed by atoms with Gasteiger partial charge < -0.3 is 4.74 Å². The predicted octanol–water partition coefficient (Wildman–Crippen LogP) is 6.61. The van der Waals surface area contributed by atoms with E-state index in [1.807, 2.05) is 12.1 Å². The number of benzene rings is 3. The highest BCUT2D eigenvalue weighted by Gasteiger charge is 2.23. The van der Waals surface area contributed by atoms with Gasteiger partial charge >= 0.3 is 5.69 Å². The molecule has 0 radical (unpaired) electrons. The minimum absolute atomic E-state index is 0.00598. The van der Waals surface area contributed by atoms with Gasteiger partial charge in [-0.2, -0.15) is 9.78 Å². The minimum atomic E-state index is -0.610. The lowest BCUT2D eigenvalue weighted by molar-refractivity contribution is -0.385. The molecule has 1 heterocycles. The van der Waals surface area contributed by atoms with Crippen molar-refractivity contribution in [3.8, 4) is 5.75 Å². The van der Waals surface area contributed by atoms with E-state index in [1.165, 1.54) is 41.2 Å². The molecule has 0 spiro atoms. The number of fused-ring (bicyclic) bond motifs is 1. The fourth-order valence-electron chi connectivity index (χ4n) is 4.74. The number of hydrogen-bond donors (Lipinski definition) is 0. The van der Waals surface area contributed by atoms with Crippen LogP contribution in [-0.4, -0.2) is 20.8 Å². The third-order valence-corrected chi connectivity index (χ3v) is 6.87. The first-order chi connectivity index (χ1) is 18.4. The summed E-state index contributed by atoms with van der Waals surface area (Å²) >= 11 is 6.37. The van der Waals surface area contributed by atoms with Crippen molar-refractivity contribution in [3.63, 3.8) is 0 Å². The van der Waals surface area contributed by atoms with Crippen LogP contribution in [0.2, 0.25) is 5.02 Å². The highest BCUT2D eigenvalue weighted by atomic mass is 35.5. The van der Waals surface area contributed by atoms with Crippen LogP contribution in [-0.2, 0) is 6.61 Å². The molecule has 0 aliphatic heterocycles. The number of nitro benzene ring substituents is 1.